The third kappa shape index (κ3) is 3.42. The second-order valence-electron chi connectivity index (χ2n) is 4.29. The van der Waals surface area contributed by atoms with Gasteiger partial charge in [-0.25, -0.2) is 20.8 Å². The summed E-state index contributed by atoms with van der Waals surface area (Å²) in [5.74, 6) is 6.73. The molecule has 0 aliphatic rings. The normalized spacial score (nSPS) is 10.5. The van der Waals surface area contributed by atoms with Crippen LogP contribution in [-0.4, -0.2) is 15.0 Å². The van der Waals surface area contributed by atoms with Gasteiger partial charge in [0, 0.05) is 23.3 Å². The molecule has 0 aliphatic heterocycles. The van der Waals surface area contributed by atoms with Crippen molar-refractivity contribution in [2.75, 3.05) is 5.43 Å². The summed E-state index contributed by atoms with van der Waals surface area (Å²) >= 11 is 1.61. The molecule has 5 nitrogen and oxygen atoms in total. The molecular weight excluding hydrogens is 258 g/mol. The van der Waals surface area contributed by atoms with Crippen molar-refractivity contribution >= 4 is 17.6 Å². The number of nitrogens with one attached hydrogen (secondary N) is 1. The van der Waals surface area contributed by atoms with Gasteiger partial charge in [-0.3, -0.25) is 0 Å². The van der Waals surface area contributed by atoms with E-state index in [-0.39, 0.29) is 0 Å². The van der Waals surface area contributed by atoms with E-state index >= 15 is 0 Å². The lowest BCUT2D eigenvalue weighted by Gasteiger charge is -2.07. The van der Waals surface area contributed by atoms with Crippen molar-refractivity contribution in [1.29, 1.82) is 0 Å². The Hall–Kier alpha value is -1.66. The van der Waals surface area contributed by atoms with E-state index in [0.717, 1.165) is 33.4 Å². The number of nitrogen functional groups attached to an aromatic ring is 1. The van der Waals surface area contributed by atoms with Gasteiger partial charge in [0.05, 0.1) is 0 Å². The molecule has 0 spiro atoms. The minimum absolute atomic E-state index is 0.659. The second kappa shape index (κ2) is 5.99. The van der Waals surface area contributed by atoms with Gasteiger partial charge in [0.2, 0.25) is 0 Å². The molecule has 6 heteroatoms. The first-order chi connectivity index (χ1) is 9.10. The SMILES string of the molecule is Cc1nc(SCc2ccc(NN)nc2)nc(C)c1C. The van der Waals surface area contributed by atoms with Crippen molar-refractivity contribution in [3.8, 4) is 0 Å². The van der Waals surface area contributed by atoms with Crippen LogP contribution in [0.4, 0.5) is 5.82 Å². The van der Waals surface area contributed by atoms with Gasteiger partial charge in [-0.2, -0.15) is 0 Å². The second-order valence-corrected chi connectivity index (χ2v) is 5.23. The van der Waals surface area contributed by atoms with E-state index in [9.17, 15) is 0 Å². The molecule has 0 amide bonds. The van der Waals surface area contributed by atoms with Crippen LogP contribution in [0.2, 0.25) is 0 Å². The molecule has 0 aliphatic carbocycles. The van der Waals surface area contributed by atoms with E-state index in [0.29, 0.717) is 5.82 Å². The summed E-state index contributed by atoms with van der Waals surface area (Å²) in [6.45, 7) is 6.07. The molecular formula is C13H17N5S. The number of anilines is 1. The zero-order valence-corrected chi connectivity index (χ0v) is 12.1. The molecule has 0 aromatic carbocycles. The Morgan fingerprint density at radius 1 is 1.16 bits per heavy atom. The average Bonchev–Trinajstić information content (AvgIpc) is 2.43. The quantitative estimate of drug-likeness (QED) is 0.386. The van der Waals surface area contributed by atoms with Crippen LogP contribution in [-0.2, 0) is 5.75 Å². The first-order valence-electron chi connectivity index (χ1n) is 5.96. The van der Waals surface area contributed by atoms with E-state index < -0.39 is 0 Å². The minimum Gasteiger partial charge on any atom is -0.308 e. The summed E-state index contributed by atoms with van der Waals surface area (Å²) in [7, 11) is 0. The van der Waals surface area contributed by atoms with Crippen LogP contribution < -0.4 is 11.3 Å². The molecule has 3 N–H and O–H groups in total. The van der Waals surface area contributed by atoms with Crippen molar-refractivity contribution in [3.05, 3.63) is 40.8 Å². The monoisotopic (exact) mass is 275 g/mol. The smallest absolute Gasteiger partial charge is 0.188 e. The maximum Gasteiger partial charge on any atom is 0.188 e. The van der Waals surface area contributed by atoms with Gasteiger partial charge in [0.25, 0.3) is 0 Å². The Labute approximate surface area is 117 Å². The summed E-state index contributed by atoms with van der Waals surface area (Å²) in [6, 6.07) is 3.84. The number of hydrazine groups is 1. The first kappa shape index (κ1) is 13.8. The zero-order chi connectivity index (χ0) is 13.8. The number of aryl methyl sites for hydroxylation is 2. The Balaban J connectivity index is 2.05. The van der Waals surface area contributed by atoms with Crippen molar-refractivity contribution in [3.63, 3.8) is 0 Å². The molecule has 2 heterocycles. The highest BCUT2D eigenvalue weighted by Gasteiger charge is 2.05. The van der Waals surface area contributed by atoms with Crippen molar-refractivity contribution in [2.45, 2.75) is 31.7 Å². The van der Waals surface area contributed by atoms with Crippen LogP contribution in [0.25, 0.3) is 0 Å². The van der Waals surface area contributed by atoms with E-state index in [1.165, 1.54) is 0 Å². The summed E-state index contributed by atoms with van der Waals surface area (Å²) in [5.41, 5.74) is 6.85. The molecule has 0 bridgehead atoms. The third-order valence-corrected chi connectivity index (χ3v) is 3.87. The Morgan fingerprint density at radius 2 is 1.84 bits per heavy atom. The molecule has 100 valence electrons. The maximum absolute atomic E-state index is 5.27. The van der Waals surface area contributed by atoms with Crippen molar-refractivity contribution in [2.24, 2.45) is 5.84 Å². The highest BCUT2D eigenvalue weighted by atomic mass is 32.2. The van der Waals surface area contributed by atoms with Crippen LogP contribution in [0.5, 0.6) is 0 Å². The van der Waals surface area contributed by atoms with Gasteiger partial charge >= 0.3 is 0 Å². The van der Waals surface area contributed by atoms with Crippen LogP contribution in [0.1, 0.15) is 22.5 Å². The van der Waals surface area contributed by atoms with Gasteiger partial charge in [-0.1, -0.05) is 17.8 Å². The van der Waals surface area contributed by atoms with Crippen LogP contribution >= 0.6 is 11.8 Å². The summed E-state index contributed by atoms with van der Waals surface area (Å²) in [6.07, 6.45) is 1.80. The average molecular weight is 275 g/mol. The molecule has 0 fully saturated rings. The van der Waals surface area contributed by atoms with Crippen LogP contribution in [0, 0.1) is 20.8 Å². The number of thioether (sulfide) groups is 1. The zero-order valence-electron chi connectivity index (χ0n) is 11.3. The van der Waals surface area contributed by atoms with Gasteiger partial charge in [0.15, 0.2) is 5.16 Å². The molecule has 19 heavy (non-hydrogen) atoms. The van der Waals surface area contributed by atoms with Crippen molar-refractivity contribution < 1.29 is 0 Å². The number of hydrogen-bond acceptors (Lipinski definition) is 6. The largest absolute Gasteiger partial charge is 0.308 e. The van der Waals surface area contributed by atoms with Crippen LogP contribution in [0.15, 0.2) is 23.5 Å². The fourth-order valence-corrected chi connectivity index (χ4v) is 2.42. The summed E-state index contributed by atoms with van der Waals surface area (Å²) in [5, 5.41) is 0.807. The fourth-order valence-electron chi connectivity index (χ4n) is 1.55. The Morgan fingerprint density at radius 3 is 2.37 bits per heavy atom. The molecule has 2 rings (SSSR count). The fraction of sp³-hybridized carbons (Fsp3) is 0.308. The van der Waals surface area contributed by atoms with Gasteiger partial charge < -0.3 is 5.43 Å². The number of aromatic nitrogens is 3. The predicted octanol–water partition coefficient (Wildman–Crippen LogP) is 2.37. The Bertz CT molecular complexity index is 545. The Kier molecular flexibility index (Phi) is 4.34. The molecule has 0 atom stereocenters. The minimum atomic E-state index is 0.659. The van der Waals surface area contributed by atoms with Crippen molar-refractivity contribution in [1.82, 2.24) is 15.0 Å². The predicted molar refractivity (Wildman–Crippen MR) is 77.9 cm³/mol. The van der Waals surface area contributed by atoms with E-state index in [4.69, 9.17) is 5.84 Å². The summed E-state index contributed by atoms with van der Waals surface area (Å²) < 4.78 is 0. The lowest BCUT2D eigenvalue weighted by molar-refractivity contribution is 0.880. The number of nitrogens with zero attached hydrogens (tertiary/aromatic N) is 3. The van der Waals surface area contributed by atoms with Crippen LogP contribution in [0.3, 0.4) is 0 Å². The van der Waals surface area contributed by atoms with E-state index in [1.807, 2.05) is 32.9 Å². The van der Waals surface area contributed by atoms with Gasteiger partial charge in [0.1, 0.15) is 5.82 Å². The lowest BCUT2D eigenvalue weighted by atomic mass is 10.2. The lowest BCUT2D eigenvalue weighted by Crippen LogP contribution is -2.08. The number of pyridine rings is 1. The molecule has 0 radical (unpaired) electrons. The van der Waals surface area contributed by atoms with E-state index in [1.54, 1.807) is 18.0 Å². The van der Waals surface area contributed by atoms with E-state index in [2.05, 4.69) is 20.4 Å². The van der Waals surface area contributed by atoms with Gasteiger partial charge in [-0.15, -0.1) is 0 Å². The molecule has 2 aromatic rings. The number of nitrogens with two attached hydrogens (primary N) is 1. The molecule has 0 unspecified atom stereocenters. The number of rotatable bonds is 4. The maximum atomic E-state index is 5.27. The highest BCUT2D eigenvalue weighted by molar-refractivity contribution is 7.98. The first-order valence-corrected chi connectivity index (χ1v) is 6.95. The standard InChI is InChI=1S/C13H17N5S/c1-8-9(2)16-13(17-10(8)3)19-7-11-4-5-12(18-14)15-6-11/h4-6H,7,14H2,1-3H3,(H,15,18). The summed E-state index contributed by atoms with van der Waals surface area (Å²) in [4.78, 5) is 13.1. The molecule has 0 saturated carbocycles. The molecule has 2 aromatic heterocycles. The topological polar surface area (TPSA) is 76.7 Å². The number of hydrogen-bond donors (Lipinski definition) is 2. The highest BCUT2D eigenvalue weighted by Crippen LogP contribution is 2.21. The molecule has 0 saturated heterocycles. The third-order valence-electron chi connectivity index (χ3n) is 2.95. The van der Waals surface area contributed by atoms with Gasteiger partial charge in [-0.05, 0) is 38.0 Å².